The van der Waals surface area contributed by atoms with E-state index in [2.05, 4.69) is 34.3 Å². The number of aromatic nitrogens is 4. The van der Waals surface area contributed by atoms with E-state index in [1.54, 1.807) is 11.7 Å². The fourth-order valence-corrected chi connectivity index (χ4v) is 3.44. The summed E-state index contributed by atoms with van der Waals surface area (Å²) >= 11 is 0. The minimum Gasteiger partial charge on any atom is -0.366 e. The van der Waals surface area contributed by atoms with Gasteiger partial charge in [-0.1, -0.05) is 0 Å². The summed E-state index contributed by atoms with van der Waals surface area (Å²) in [6, 6.07) is 0.558. The number of amides is 1. The summed E-state index contributed by atoms with van der Waals surface area (Å²) in [6.07, 6.45) is 1.67. The van der Waals surface area contributed by atoms with Gasteiger partial charge in [-0.3, -0.25) is 4.79 Å². The number of piperidine rings is 1. The number of morpholine rings is 1. The standard InChI is InChI=1S/C15H26N6O2/c1-11(2)20-6-4-12(5-7-20)15(22)21-8-9-23-13(10-21)14-16-17-18-19(14)3/h11-13H,4-10H2,1-3H3. The molecule has 2 saturated heterocycles. The van der Waals surface area contributed by atoms with Crippen LogP contribution in [0.2, 0.25) is 0 Å². The molecule has 0 aromatic carbocycles. The van der Waals surface area contributed by atoms with Crippen LogP contribution in [0.1, 0.15) is 38.6 Å². The Morgan fingerprint density at radius 1 is 1.26 bits per heavy atom. The van der Waals surface area contributed by atoms with E-state index in [-0.39, 0.29) is 17.9 Å². The van der Waals surface area contributed by atoms with Crippen molar-refractivity contribution >= 4 is 5.91 Å². The average Bonchev–Trinajstić information content (AvgIpc) is 3.00. The second-order valence-electron chi connectivity index (χ2n) is 6.71. The molecule has 128 valence electrons. The Hall–Kier alpha value is -1.54. The summed E-state index contributed by atoms with van der Waals surface area (Å²) < 4.78 is 7.36. The van der Waals surface area contributed by atoms with E-state index in [1.807, 2.05) is 4.90 Å². The molecule has 3 heterocycles. The molecule has 1 aromatic rings. The second-order valence-corrected chi connectivity index (χ2v) is 6.71. The molecular weight excluding hydrogens is 296 g/mol. The van der Waals surface area contributed by atoms with Gasteiger partial charge in [-0.05, 0) is 50.2 Å². The molecule has 1 amide bonds. The van der Waals surface area contributed by atoms with Gasteiger partial charge in [0.1, 0.15) is 6.10 Å². The van der Waals surface area contributed by atoms with Crippen LogP contribution in [0, 0.1) is 5.92 Å². The van der Waals surface area contributed by atoms with Gasteiger partial charge in [0.05, 0.1) is 13.2 Å². The van der Waals surface area contributed by atoms with Crippen LogP contribution in [0.15, 0.2) is 0 Å². The van der Waals surface area contributed by atoms with Crippen molar-refractivity contribution in [2.45, 2.75) is 38.8 Å². The Bertz CT molecular complexity index is 538. The third-order valence-electron chi connectivity index (χ3n) is 4.93. The van der Waals surface area contributed by atoms with E-state index in [1.165, 1.54) is 0 Å². The van der Waals surface area contributed by atoms with Crippen LogP contribution in [0.4, 0.5) is 0 Å². The van der Waals surface area contributed by atoms with Crippen molar-refractivity contribution in [2.24, 2.45) is 13.0 Å². The highest BCUT2D eigenvalue weighted by atomic mass is 16.5. The number of rotatable bonds is 3. The Morgan fingerprint density at radius 2 is 2.00 bits per heavy atom. The molecule has 0 aliphatic carbocycles. The first-order valence-corrected chi connectivity index (χ1v) is 8.43. The first kappa shape index (κ1) is 16.3. The smallest absolute Gasteiger partial charge is 0.225 e. The molecule has 8 nitrogen and oxygen atoms in total. The fourth-order valence-electron chi connectivity index (χ4n) is 3.44. The number of hydrogen-bond donors (Lipinski definition) is 0. The fraction of sp³-hybridized carbons (Fsp3) is 0.867. The number of ether oxygens (including phenoxy) is 1. The monoisotopic (exact) mass is 322 g/mol. The molecule has 1 unspecified atom stereocenters. The molecule has 8 heteroatoms. The Kier molecular flexibility index (Phi) is 4.91. The number of tetrazole rings is 1. The molecule has 2 aliphatic rings. The summed E-state index contributed by atoms with van der Waals surface area (Å²) in [5, 5.41) is 11.5. The highest BCUT2D eigenvalue weighted by Crippen LogP contribution is 2.25. The summed E-state index contributed by atoms with van der Waals surface area (Å²) in [5.74, 6) is 1.08. The van der Waals surface area contributed by atoms with Gasteiger partial charge in [-0.2, -0.15) is 0 Å². The quantitative estimate of drug-likeness (QED) is 0.793. The lowest BCUT2D eigenvalue weighted by atomic mass is 9.94. The lowest BCUT2D eigenvalue weighted by Gasteiger charge is -2.38. The van der Waals surface area contributed by atoms with E-state index in [0.717, 1.165) is 25.9 Å². The van der Waals surface area contributed by atoms with Crippen molar-refractivity contribution in [2.75, 3.05) is 32.8 Å². The number of carbonyl (C=O) groups is 1. The third kappa shape index (κ3) is 3.53. The van der Waals surface area contributed by atoms with Crippen LogP contribution in [0.5, 0.6) is 0 Å². The molecule has 3 rings (SSSR count). The zero-order valence-corrected chi connectivity index (χ0v) is 14.2. The van der Waals surface area contributed by atoms with Crippen molar-refractivity contribution in [3.05, 3.63) is 5.82 Å². The number of carbonyl (C=O) groups excluding carboxylic acids is 1. The van der Waals surface area contributed by atoms with Gasteiger partial charge in [0, 0.05) is 25.6 Å². The molecule has 0 bridgehead atoms. The highest BCUT2D eigenvalue weighted by molar-refractivity contribution is 5.79. The minimum absolute atomic E-state index is 0.140. The predicted octanol–water partition coefficient (Wildman–Crippen LogP) is 0.230. The largest absolute Gasteiger partial charge is 0.366 e. The first-order chi connectivity index (χ1) is 11.1. The van der Waals surface area contributed by atoms with Gasteiger partial charge in [0.25, 0.3) is 0 Å². The second kappa shape index (κ2) is 6.92. The first-order valence-electron chi connectivity index (χ1n) is 8.43. The predicted molar refractivity (Wildman–Crippen MR) is 83.5 cm³/mol. The van der Waals surface area contributed by atoms with E-state index in [4.69, 9.17) is 4.74 Å². The van der Waals surface area contributed by atoms with E-state index >= 15 is 0 Å². The molecule has 2 fully saturated rings. The average molecular weight is 322 g/mol. The minimum atomic E-state index is -0.233. The summed E-state index contributed by atoms with van der Waals surface area (Å²) in [4.78, 5) is 17.2. The number of hydrogen-bond acceptors (Lipinski definition) is 6. The molecule has 0 saturated carbocycles. The van der Waals surface area contributed by atoms with Gasteiger partial charge in [-0.25, -0.2) is 4.68 Å². The van der Waals surface area contributed by atoms with Crippen LogP contribution in [0.25, 0.3) is 0 Å². The van der Waals surface area contributed by atoms with Crippen LogP contribution < -0.4 is 0 Å². The topological polar surface area (TPSA) is 76.4 Å². The SMILES string of the molecule is CC(C)N1CCC(C(=O)N2CCOC(c3nnnn3C)C2)CC1. The van der Waals surface area contributed by atoms with Crippen molar-refractivity contribution in [3.63, 3.8) is 0 Å². The maximum Gasteiger partial charge on any atom is 0.225 e. The molecular formula is C15H26N6O2. The highest BCUT2D eigenvalue weighted by Gasteiger charge is 2.33. The Morgan fingerprint density at radius 3 is 2.61 bits per heavy atom. The maximum atomic E-state index is 12.8. The van der Waals surface area contributed by atoms with Crippen molar-refractivity contribution in [1.82, 2.24) is 30.0 Å². The lowest BCUT2D eigenvalue weighted by molar-refractivity contribution is -0.145. The van der Waals surface area contributed by atoms with Crippen LogP contribution in [0.3, 0.4) is 0 Å². The molecule has 23 heavy (non-hydrogen) atoms. The Labute approximate surface area is 136 Å². The van der Waals surface area contributed by atoms with Gasteiger partial charge >= 0.3 is 0 Å². The van der Waals surface area contributed by atoms with Gasteiger partial charge in [0.2, 0.25) is 5.91 Å². The van der Waals surface area contributed by atoms with Gasteiger partial charge in [0.15, 0.2) is 5.82 Å². The van der Waals surface area contributed by atoms with Gasteiger partial charge in [-0.15, -0.1) is 5.10 Å². The molecule has 0 N–H and O–H groups in total. The van der Waals surface area contributed by atoms with E-state index < -0.39 is 0 Å². The summed E-state index contributed by atoms with van der Waals surface area (Å²) in [7, 11) is 1.79. The molecule has 0 radical (unpaired) electrons. The molecule has 2 aliphatic heterocycles. The summed E-state index contributed by atoms with van der Waals surface area (Å²) in [5.41, 5.74) is 0. The number of aryl methyl sites for hydroxylation is 1. The number of nitrogens with zero attached hydrogens (tertiary/aromatic N) is 6. The maximum absolute atomic E-state index is 12.8. The van der Waals surface area contributed by atoms with Crippen molar-refractivity contribution in [3.8, 4) is 0 Å². The molecule has 0 spiro atoms. The zero-order chi connectivity index (χ0) is 16.4. The normalized spacial score (nSPS) is 24.3. The molecule has 1 aromatic heterocycles. The van der Waals surface area contributed by atoms with E-state index in [0.29, 0.717) is 31.6 Å². The van der Waals surface area contributed by atoms with Crippen LogP contribution in [-0.2, 0) is 16.6 Å². The zero-order valence-electron chi connectivity index (χ0n) is 14.2. The van der Waals surface area contributed by atoms with Gasteiger partial charge < -0.3 is 14.5 Å². The van der Waals surface area contributed by atoms with E-state index in [9.17, 15) is 4.79 Å². The van der Waals surface area contributed by atoms with Crippen molar-refractivity contribution in [1.29, 1.82) is 0 Å². The number of likely N-dealkylation sites (tertiary alicyclic amines) is 1. The Balaban J connectivity index is 1.59. The third-order valence-corrected chi connectivity index (χ3v) is 4.93. The van der Waals surface area contributed by atoms with Crippen LogP contribution >= 0.6 is 0 Å². The molecule has 1 atom stereocenters. The lowest BCUT2D eigenvalue weighted by Crippen LogP contribution is -2.48. The van der Waals surface area contributed by atoms with Crippen LogP contribution in [-0.4, -0.2) is 74.7 Å². The van der Waals surface area contributed by atoms with Crippen molar-refractivity contribution < 1.29 is 9.53 Å². The summed E-state index contributed by atoms with van der Waals surface area (Å²) in [6.45, 7) is 8.17.